The third kappa shape index (κ3) is 32.0. The summed E-state index contributed by atoms with van der Waals surface area (Å²) in [6.07, 6.45) is 46.7. The van der Waals surface area contributed by atoms with Gasteiger partial charge < -0.3 is 19.3 Å². The van der Waals surface area contributed by atoms with Crippen molar-refractivity contribution in [1.29, 1.82) is 0 Å². The van der Waals surface area contributed by atoms with E-state index in [1.807, 2.05) is 0 Å². The highest BCUT2D eigenvalue weighted by atomic mass is 16.6. The maximum Gasteiger partial charge on any atom is 0.305 e. The minimum atomic E-state index is -0.988. The van der Waals surface area contributed by atoms with E-state index in [1.165, 1.54) is 122 Å². The van der Waals surface area contributed by atoms with Crippen molar-refractivity contribution in [3.8, 4) is 0 Å². The van der Waals surface area contributed by atoms with Crippen LogP contribution in [0.25, 0.3) is 0 Å². The van der Waals surface area contributed by atoms with Crippen LogP contribution in [0.15, 0.2) is 36.5 Å². The molecule has 50 heavy (non-hydrogen) atoms. The average molecular weight is 703 g/mol. The first kappa shape index (κ1) is 46.1. The maximum atomic E-state index is 12.0. The molecule has 3 atom stereocenters. The minimum absolute atomic E-state index is 0.134. The summed E-state index contributed by atoms with van der Waals surface area (Å²) < 4.78 is 16.1. The van der Waals surface area contributed by atoms with Crippen molar-refractivity contribution in [2.45, 2.75) is 218 Å². The summed E-state index contributed by atoms with van der Waals surface area (Å²) in [5.74, 6) is -0.628. The molecule has 1 fully saturated rings. The van der Waals surface area contributed by atoms with Crippen LogP contribution in [0.2, 0.25) is 0 Å². The van der Waals surface area contributed by atoms with Crippen LogP contribution in [-0.4, -0.2) is 48.6 Å². The summed E-state index contributed by atoms with van der Waals surface area (Å²) in [4.78, 5) is 24.0. The molecule has 2 unspecified atom stereocenters. The maximum absolute atomic E-state index is 12.0. The van der Waals surface area contributed by atoms with Crippen molar-refractivity contribution >= 4 is 11.9 Å². The molecule has 0 bridgehead atoms. The predicted molar refractivity (Wildman–Crippen MR) is 209 cm³/mol. The van der Waals surface area contributed by atoms with E-state index in [0.717, 1.165) is 44.9 Å². The Labute approximate surface area is 308 Å². The average Bonchev–Trinajstić information content (AvgIpc) is 3.87. The van der Waals surface area contributed by atoms with E-state index in [1.54, 1.807) is 0 Å². The Hall–Kier alpha value is -1.92. The van der Waals surface area contributed by atoms with Gasteiger partial charge in [0.1, 0.15) is 19.3 Å². The lowest BCUT2D eigenvalue weighted by atomic mass is 10.0. The number of carbonyl (C=O) groups is 2. The van der Waals surface area contributed by atoms with Crippen LogP contribution >= 0.6 is 0 Å². The largest absolute Gasteiger partial charge is 0.463 e. The van der Waals surface area contributed by atoms with Gasteiger partial charge in [0.2, 0.25) is 0 Å². The molecule has 0 saturated carbocycles. The van der Waals surface area contributed by atoms with E-state index >= 15 is 0 Å². The number of rotatable bonds is 37. The quantitative estimate of drug-likeness (QED) is 0.0300. The highest BCUT2D eigenvalue weighted by Gasteiger charge is 2.35. The molecule has 0 aromatic heterocycles. The molecule has 0 aromatic rings. The normalized spacial score (nSPS) is 16.5. The molecule has 0 radical (unpaired) electrons. The molecule has 0 amide bonds. The number of aliphatic hydroxyl groups excluding tert-OH is 1. The Bertz CT molecular complexity index is 865. The van der Waals surface area contributed by atoms with E-state index in [9.17, 15) is 14.7 Å². The summed E-state index contributed by atoms with van der Waals surface area (Å²) >= 11 is 0. The van der Waals surface area contributed by atoms with Gasteiger partial charge in [-0.25, -0.2) is 0 Å². The molecule has 1 N–H and O–H groups in total. The first-order chi connectivity index (χ1) is 24.6. The number of esters is 2. The second kappa shape index (κ2) is 35.5. The van der Waals surface area contributed by atoms with Gasteiger partial charge in [0.25, 0.3) is 0 Å². The summed E-state index contributed by atoms with van der Waals surface area (Å²) in [6, 6.07) is 0. The summed E-state index contributed by atoms with van der Waals surface area (Å²) in [6.45, 7) is 4.23. The molecule has 1 rings (SSSR count). The Morgan fingerprint density at radius 2 is 0.900 bits per heavy atom. The smallest absolute Gasteiger partial charge is 0.305 e. The zero-order valence-corrected chi connectivity index (χ0v) is 32.6. The first-order valence-corrected chi connectivity index (χ1v) is 21.2. The molecule has 6 nitrogen and oxygen atoms in total. The van der Waals surface area contributed by atoms with E-state index in [2.05, 4.69) is 50.3 Å². The lowest BCUT2D eigenvalue weighted by Gasteiger charge is -2.12. The predicted octanol–water partition coefficient (Wildman–Crippen LogP) is 12.2. The number of hydrogen-bond donors (Lipinski definition) is 1. The van der Waals surface area contributed by atoms with Crippen LogP contribution in [0.5, 0.6) is 0 Å². The second-order valence-corrected chi connectivity index (χ2v) is 14.5. The molecular formula is C44H78O6. The molecule has 290 valence electrons. The number of epoxide rings is 1. The molecule has 0 spiro atoms. The van der Waals surface area contributed by atoms with Gasteiger partial charge in [-0.2, -0.15) is 0 Å². The topological polar surface area (TPSA) is 85.4 Å². The van der Waals surface area contributed by atoms with Gasteiger partial charge in [0.15, 0.2) is 0 Å². The van der Waals surface area contributed by atoms with Gasteiger partial charge in [-0.3, -0.25) is 9.59 Å². The number of unbranched alkanes of at least 4 members (excludes halogenated alkanes) is 21. The van der Waals surface area contributed by atoms with Gasteiger partial charge in [-0.15, -0.1) is 0 Å². The van der Waals surface area contributed by atoms with Crippen LogP contribution < -0.4 is 0 Å². The SMILES string of the molecule is CCCCC/C=C\CC1OC1C/C=C\C/C=C\CCCC(=O)OC[C@H](O)COC(=O)CCCCCCCCCCCCCCCCCCCC. The van der Waals surface area contributed by atoms with E-state index in [0.29, 0.717) is 31.5 Å². The summed E-state index contributed by atoms with van der Waals surface area (Å²) in [5, 5.41) is 10.0. The molecule has 0 aromatic carbocycles. The number of allylic oxidation sites excluding steroid dienone is 4. The fourth-order valence-corrected chi connectivity index (χ4v) is 6.18. The highest BCUT2D eigenvalue weighted by molar-refractivity contribution is 5.69. The van der Waals surface area contributed by atoms with Gasteiger partial charge in [-0.05, 0) is 51.4 Å². The Morgan fingerprint density at radius 3 is 1.42 bits per heavy atom. The highest BCUT2D eigenvalue weighted by Crippen LogP contribution is 2.29. The lowest BCUT2D eigenvalue weighted by Crippen LogP contribution is -2.25. The molecule has 0 aliphatic carbocycles. The van der Waals surface area contributed by atoms with Crippen molar-refractivity contribution in [3.05, 3.63) is 36.5 Å². The van der Waals surface area contributed by atoms with Crippen LogP contribution in [0.3, 0.4) is 0 Å². The number of carbonyl (C=O) groups excluding carboxylic acids is 2. The van der Waals surface area contributed by atoms with E-state index < -0.39 is 6.10 Å². The zero-order valence-electron chi connectivity index (χ0n) is 32.6. The van der Waals surface area contributed by atoms with Crippen molar-refractivity contribution in [2.24, 2.45) is 0 Å². The summed E-state index contributed by atoms with van der Waals surface area (Å²) in [7, 11) is 0. The lowest BCUT2D eigenvalue weighted by molar-refractivity contribution is -0.152. The van der Waals surface area contributed by atoms with Gasteiger partial charge in [-0.1, -0.05) is 172 Å². The third-order valence-corrected chi connectivity index (χ3v) is 9.53. The standard InChI is InChI=1S/C44H78O6/c1-3-5-7-9-11-12-13-14-15-16-17-18-19-20-21-24-28-32-36-43(46)48-38-40(45)39-49-44(47)37-33-29-25-22-23-27-31-35-42-41(50-42)34-30-26-10-8-6-4-2/h22,25-27,30-31,40-42,45H,3-21,23-24,28-29,32-39H2,1-2H3/b25-22-,30-26-,31-27-/t40-,41?,42?/m1/s1. The van der Waals surface area contributed by atoms with Gasteiger partial charge in [0, 0.05) is 12.8 Å². The van der Waals surface area contributed by atoms with Crippen molar-refractivity contribution < 1.29 is 28.9 Å². The van der Waals surface area contributed by atoms with Crippen molar-refractivity contribution in [1.82, 2.24) is 0 Å². The number of aliphatic hydroxyl groups is 1. The number of hydrogen-bond acceptors (Lipinski definition) is 6. The monoisotopic (exact) mass is 703 g/mol. The fraction of sp³-hybridized carbons (Fsp3) is 0.818. The fourth-order valence-electron chi connectivity index (χ4n) is 6.18. The van der Waals surface area contributed by atoms with E-state index in [-0.39, 0.29) is 25.2 Å². The van der Waals surface area contributed by atoms with Gasteiger partial charge in [0.05, 0.1) is 12.2 Å². The molecule has 1 heterocycles. The molecule has 1 aliphatic rings. The third-order valence-electron chi connectivity index (χ3n) is 9.53. The molecule has 6 heteroatoms. The van der Waals surface area contributed by atoms with E-state index in [4.69, 9.17) is 14.2 Å². The Balaban J connectivity index is 1.83. The Morgan fingerprint density at radius 1 is 0.520 bits per heavy atom. The van der Waals surface area contributed by atoms with Crippen molar-refractivity contribution in [3.63, 3.8) is 0 Å². The molecule has 1 aliphatic heterocycles. The van der Waals surface area contributed by atoms with Crippen LogP contribution in [0.4, 0.5) is 0 Å². The number of ether oxygens (including phenoxy) is 3. The molecule has 1 saturated heterocycles. The first-order valence-electron chi connectivity index (χ1n) is 21.2. The van der Waals surface area contributed by atoms with Gasteiger partial charge >= 0.3 is 11.9 Å². The van der Waals surface area contributed by atoms with Crippen molar-refractivity contribution in [2.75, 3.05) is 13.2 Å². The zero-order chi connectivity index (χ0) is 36.2. The minimum Gasteiger partial charge on any atom is -0.463 e. The van der Waals surface area contributed by atoms with Crippen LogP contribution in [0.1, 0.15) is 200 Å². The van der Waals surface area contributed by atoms with Crippen LogP contribution in [0, 0.1) is 0 Å². The molecular weight excluding hydrogens is 624 g/mol. The Kier molecular flexibility index (Phi) is 32.7. The second-order valence-electron chi connectivity index (χ2n) is 14.5. The van der Waals surface area contributed by atoms with Crippen LogP contribution in [-0.2, 0) is 23.8 Å². The summed E-state index contributed by atoms with van der Waals surface area (Å²) in [5.41, 5.74) is 0.